The van der Waals surface area contributed by atoms with Crippen LogP contribution in [0.15, 0.2) is 11.6 Å². The highest BCUT2D eigenvalue weighted by molar-refractivity contribution is 5.66. The highest BCUT2D eigenvalue weighted by atomic mass is 17.2. The Hall–Kier alpha value is -1.67. The maximum Gasteiger partial charge on any atom is 0.303 e. The molecule has 3 N–H and O–H groups in total. The second-order valence-corrected chi connectivity index (χ2v) is 28.3. The van der Waals surface area contributed by atoms with Gasteiger partial charge in [-0.1, -0.05) is 25.5 Å². The molecule has 11 rings (SSSR count). The lowest BCUT2D eigenvalue weighted by atomic mass is 9.46. The number of ether oxygens (including phenoxy) is 18. The molecule has 4 aliphatic carbocycles. The molecule has 0 bridgehead atoms. The summed E-state index contributed by atoms with van der Waals surface area (Å²) in [5, 5.41) is 34.2. The number of hydrogen-bond acceptors (Lipinski definition) is 24. The Morgan fingerprint density at radius 3 is 1.75 bits per heavy atom. The van der Waals surface area contributed by atoms with E-state index >= 15 is 0 Å². The summed E-state index contributed by atoms with van der Waals surface area (Å²) in [6, 6.07) is 0. The van der Waals surface area contributed by atoms with Gasteiger partial charge in [0.05, 0.1) is 85.0 Å². The van der Waals surface area contributed by atoms with Gasteiger partial charge in [0.15, 0.2) is 37.6 Å². The topological polar surface area (TPSA) is 262 Å². The van der Waals surface area contributed by atoms with Gasteiger partial charge in [-0.3, -0.25) is 4.79 Å². The number of carbonyl (C=O) groups is 1. The van der Waals surface area contributed by atoms with Gasteiger partial charge in [0.1, 0.15) is 49.3 Å². The third kappa shape index (κ3) is 13.4. The van der Waals surface area contributed by atoms with E-state index in [4.69, 9.17) is 95.0 Å². The minimum atomic E-state index is -1.32. The molecule has 11 aliphatic rings. The first-order valence-corrected chi connectivity index (χ1v) is 33.2. The number of hydrogen-bond donors (Lipinski definition) is 3. The fraction of sp³-hybridized carbons (Fsp3) is 0.954. The molecule has 0 unspecified atom stereocenters. The van der Waals surface area contributed by atoms with Crippen LogP contribution in [-0.2, 0) is 99.8 Å². The fourth-order valence-corrected chi connectivity index (χ4v) is 18.1. The molecular weight excluding hydrogens is 1160 g/mol. The Morgan fingerprint density at radius 2 is 1.18 bits per heavy atom. The molecule has 0 aromatic rings. The number of esters is 1. The summed E-state index contributed by atoms with van der Waals surface area (Å²) in [6.07, 6.45) is -4.82. The van der Waals surface area contributed by atoms with Gasteiger partial charge in [-0.15, -0.1) is 0 Å². The highest BCUT2D eigenvalue weighted by Crippen LogP contribution is 2.68. The van der Waals surface area contributed by atoms with Crippen molar-refractivity contribution in [1.29, 1.82) is 0 Å². The van der Waals surface area contributed by atoms with Gasteiger partial charge in [0.25, 0.3) is 0 Å². The first kappa shape index (κ1) is 68.7. The summed E-state index contributed by atoms with van der Waals surface area (Å²) in [5.74, 6) is -0.451. The lowest BCUT2D eigenvalue weighted by Gasteiger charge is -2.59. The molecule has 10 fully saturated rings. The Morgan fingerprint density at radius 1 is 0.618 bits per heavy atom. The highest BCUT2D eigenvalue weighted by Gasteiger charge is 2.66. The van der Waals surface area contributed by atoms with E-state index in [9.17, 15) is 20.1 Å². The molecule has 7 aliphatic heterocycles. The largest absolute Gasteiger partial charge is 0.454 e. The molecular formula is C65H106O24. The molecule has 510 valence electrons. The Balaban J connectivity index is 0.652. The Kier molecular flexibility index (Phi) is 21.5. The number of carbonyl (C=O) groups excluding carboxylic acids is 1. The van der Waals surface area contributed by atoms with Crippen molar-refractivity contribution in [3.63, 3.8) is 0 Å². The van der Waals surface area contributed by atoms with Crippen LogP contribution in [0.4, 0.5) is 0 Å². The molecule has 7 heterocycles. The maximum absolute atomic E-state index is 12.8. The average molecular weight is 1270 g/mol. The number of aliphatic hydroxyl groups is 3. The normalized spacial score (nSPS) is 52.3. The molecule has 1 spiro atoms. The van der Waals surface area contributed by atoms with Gasteiger partial charge >= 0.3 is 5.97 Å². The lowest BCUT2D eigenvalue weighted by molar-refractivity contribution is -0.472. The molecule has 24 nitrogen and oxygen atoms in total. The van der Waals surface area contributed by atoms with E-state index in [2.05, 4.69) is 19.9 Å². The number of methoxy groups -OCH3 is 5. The predicted octanol–water partition coefficient (Wildman–Crippen LogP) is 5.86. The standard InChI is InChI=1S/C65H106O24/c1-31-53(68)59(74-15)60(82-38(8)66)61(80-31)86-56-34(4)78-51(27-46(56)72-13)84-54-32(2)76-50(25-44(54)70-11)83-55-33(3)77-52(26-45(55)71-12)85-57-36(6)87-64(29-48(57)73-14)30-75-47-28-49(79-35(5)58(47)88-89-64)81-37(7)65(69)23-20-43-41-17-16-39-24-40(67)18-21-62(39,9)42(41)19-22-63(43,65)10/h16,31-37,40-61,67-69H,17-30H2,1-15H3/t31-,32-,33-,34-,35-,36-,37+,40+,41-,42+,43+,44+,45+,46+,47-,48-,49+,50+,51+,52+,53+,54-,55-,56-,57-,58-,59+,60-,61+,62+,63+,64+,65+/m1/s1. The van der Waals surface area contributed by atoms with Crippen LogP contribution < -0.4 is 0 Å². The van der Waals surface area contributed by atoms with Crippen molar-refractivity contribution in [2.75, 3.05) is 42.2 Å². The molecule has 3 saturated carbocycles. The molecule has 33 atom stereocenters. The van der Waals surface area contributed by atoms with Gasteiger partial charge in [-0.2, -0.15) is 4.89 Å². The van der Waals surface area contributed by atoms with Crippen LogP contribution >= 0.6 is 0 Å². The van der Waals surface area contributed by atoms with Gasteiger partial charge < -0.3 is 101 Å². The van der Waals surface area contributed by atoms with E-state index in [-0.39, 0.29) is 36.4 Å². The van der Waals surface area contributed by atoms with Crippen LogP contribution in [-0.4, -0.2) is 234 Å². The zero-order chi connectivity index (χ0) is 63.6. The minimum absolute atomic E-state index is 0.0555. The number of rotatable bonds is 17. The van der Waals surface area contributed by atoms with Gasteiger partial charge in [-0.05, 0) is 123 Å². The Bertz CT molecular complexity index is 2390. The summed E-state index contributed by atoms with van der Waals surface area (Å²) in [6.45, 7) is 19.3. The van der Waals surface area contributed by atoms with Gasteiger partial charge in [-0.25, -0.2) is 4.89 Å². The van der Waals surface area contributed by atoms with Crippen molar-refractivity contribution < 1.29 is 115 Å². The number of aliphatic hydroxyl groups excluding tert-OH is 2. The van der Waals surface area contributed by atoms with Crippen LogP contribution in [0, 0.1) is 28.6 Å². The summed E-state index contributed by atoms with van der Waals surface area (Å²) in [5.41, 5.74) is 0.234. The van der Waals surface area contributed by atoms with Crippen molar-refractivity contribution in [3.05, 3.63) is 11.6 Å². The van der Waals surface area contributed by atoms with E-state index in [1.54, 1.807) is 35.4 Å². The molecule has 89 heavy (non-hydrogen) atoms. The fourth-order valence-electron chi connectivity index (χ4n) is 18.1. The van der Waals surface area contributed by atoms with Crippen LogP contribution in [0.5, 0.6) is 0 Å². The molecule has 0 aromatic heterocycles. The van der Waals surface area contributed by atoms with Crippen molar-refractivity contribution in [1.82, 2.24) is 0 Å². The maximum atomic E-state index is 12.8. The first-order chi connectivity index (χ1) is 42.4. The summed E-state index contributed by atoms with van der Waals surface area (Å²) in [7, 11) is 7.90. The average Bonchev–Trinajstić information content (AvgIpc) is 1.67. The monoisotopic (exact) mass is 1270 g/mol. The minimum Gasteiger partial charge on any atom is -0.454 e. The van der Waals surface area contributed by atoms with Crippen LogP contribution in [0.3, 0.4) is 0 Å². The van der Waals surface area contributed by atoms with Gasteiger partial charge in [0.2, 0.25) is 5.79 Å². The quantitative estimate of drug-likeness (QED) is 0.0875. The lowest BCUT2D eigenvalue weighted by Crippen LogP contribution is -2.62. The molecule has 0 aromatic carbocycles. The molecule has 24 heteroatoms. The Labute approximate surface area is 525 Å². The molecule has 0 amide bonds. The third-order valence-corrected chi connectivity index (χ3v) is 23.1. The van der Waals surface area contributed by atoms with E-state index < -0.39 is 171 Å². The molecule has 7 saturated heterocycles. The van der Waals surface area contributed by atoms with Crippen molar-refractivity contribution in [3.8, 4) is 0 Å². The zero-order valence-electron chi connectivity index (χ0n) is 55.1. The van der Waals surface area contributed by atoms with Crippen molar-refractivity contribution in [2.24, 2.45) is 28.6 Å². The van der Waals surface area contributed by atoms with Crippen LogP contribution in [0.2, 0.25) is 0 Å². The first-order valence-electron chi connectivity index (χ1n) is 33.2. The van der Waals surface area contributed by atoms with Crippen LogP contribution in [0.25, 0.3) is 0 Å². The van der Waals surface area contributed by atoms with Crippen molar-refractivity contribution in [2.45, 2.75) is 324 Å². The number of allylic oxidation sites excluding steroid dienone is 1. The predicted molar refractivity (Wildman–Crippen MR) is 312 cm³/mol. The van der Waals surface area contributed by atoms with E-state index in [0.717, 1.165) is 44.9 Å². The summed E-state index contributed by atoms with van der Waals surface area (Å²) in [4.78, 5) is 24.6. The SMILES string of the molecule is CO[C@H]1[C@@H](O)[C@@H](C)O[C@@H](O[C@H]2[C@@H](OC)C[C@H](O[C@H]3[C@@H](OC)C[C@H](O[C@H]4[C@@H](OC)C[C@H](O[C@@H]5[C@@H](C)O[C@@]6(CO[C@@H]7C[C@H](O[C@@H](C)[C@@]8(O)CC[C@H]9[C@@H]%10CC=C%11C[C@@H](O)CC[C@]%11(C)[C@H]%10CC[C@@]98C)O[C@H](C)[C@H]7OO6)C[C@H]5OC)O[C@@H]4C)O[C@@H]3C)O[C@@H]2C)[C@@H]1OC(C)=O. The number of fused-ring (bicyclic) bond motifs is 6. The smallest absolute Gasteiger partial charge is 0.303 e. The second kappa shape index (κ2) is 27.8. The molecule has 0 radical (unpaired) electrons. The van der Waals surface area contributed by atoms with Gasteiger partial charge in [0, 0.05) is 80.0 Å². The summed E-state index contributed by atoms with van der Waals surface area (Å²) >= 11 is 0. The third-order valence-electron chi connectivity index (χ3n) is 23.1. The van der Waals surface area contributed by atoms with E-state index in [1.807, 2.05) is 41.5 Å². The zero-order valence-corrected chi connectivity index (χ0v) is 55.1. The van der Waals surface area contributed by atoms with E-state index in [0.29, 0.717) is 43.4 Å². The van der Waals surface area contributed by atoms with Crippen LogP contribution in [0.1, 0.15) is 153 Å². The second-order valence-electron chi connectivity index (χ2n) is 28.3. The van der Waals surface area contributed by atoms with Crippen molar-refractivity contribution >= 4 is 5.97 Å². The van der Waals surface area contributed by atoms with E-state index in [1.165, 1.54) is 19.6 Å². The summed E-state index contributed by atoms with van der Waals surface area (Å²) < 4.78 is 114.